The quantitative estimate of drug-likeness (QED) is 0.806. The van der Waals surface area contributed by atoms with Gasteiger partial charge in [0.15, 0.2) is 5.03 Å². The van der Waals surface area contributed by atoms with Crippen LogP contribution in [0.4, 0.5) is 5.82 Å². The molecular formula is C19H18N5OS+. The molecule has 1 aromatic carbocycles. The molecule has 6 nitrogen and oxygen atoms in total. The van der Waals surface area contributed by atoms with Gasteiger partial charge in [0.05, 0.1) is 11.8 Å². The number of nitrogen functional groups attached to an aromatic ring is 1. The lowest BCUT2D eigenvalue weighted by atomic mass is 9.88. The number of benzene rings is 1. The van der Waals surface area contributed by atoms with Gasteiger partial charge in [0.1, 0.15) is 23.3 Å². The SMILES string of the molecule is N#Cc1cc(C#N)c(SCC(=O)N[C@@H]2CCCc3ccccc32)[nH+]c1N. The van der Waals surface area contributed by atoms with Crippen molar-refractivity contribution in [3.63, 3.8) is 0 Å². The van der Waals surface area contributed by atoms with Crippen LogP contribution in [0.15, 0.2) is 35.4 Å². The third-order valence-corrected chi connectivity index (χ3v) is 5.38. The molecule has 0 saturated heterocycles. The number of anilines is 1. The van der Waals surface area contributed by atoms with Gasteiger partial charge in [-0.25, -0.2) is 4.98 Å². The molecule has 26 heavy (non-hydrogen) atoms. The highest BCUT2D eigenvalue weighted by atomic mass is 32.2. The Bertz CT molecular complexity index is 929. The number of nitriles is 2. The molecule has 2 aromatic rings. The molecule has 1 aliphatic rings. The average molecular weight is 364 g/mol. The van der Waals surface area contributed by atoms with Gasteiger partial charge in [-0.2, -0.15) is 10.5 Å². The van der Waals surface area contributed by atoms with Crippen LogP contribution >= 0.6 is 11.8 Å². The first-order chi connectivity index (χ1) is 12.6. The van der Waals surface area contributed by atoms with Crippen LogP contribution in [0, 0.1) is 22.7 Å². The highest BCUT2D eigenvalue weighted by molar-refractivity contribution is 7.99. The Balaban J connectivity index is 1.67. The first kappa shape index (κ1) is 17.8. The second kappa shape index (κ2) is 7.90. The number of aromatic amines is 1. The van der Waals surface area contributed by atoms with E-state index < -0.39 is 0 Å². The zero-order chi connectivity index (χ0) is 18.5. The Labute approximate surface area is 156 Å². The maximum Gasteiger partial charge on any atom is 0.289 e. The van der Waals surface area contributed by atoms with Gasteiger partial charge in [-0.3, -0.25) is 10.5 Å². The zero-order valence-corrected chi connectivity index (χ0v) is 14.9. The second-order valence-electron chi connectivity index (χ2n) is 6.06. The number of aromatic nitrogens is 1. The Kier molecular flexibility index (Phi) is 5.40. The van der Waals surface area contributed by atoms with E-state index in [4.69, 9.17) is 11.0 Å². The minimum atomic E-state index is -0.100. The summed E-state index contributed by atoms with van der Waals surface area (Å²) in [6.07, 6.45) is 3.02. The summed E-state index contributed by atoms with van der Waals surface area (Å²) in [5, 5.41) is 21.8. The monoisotopic (exact) mass is 364 g/mol. The molecule has 0 aliphatic heterocycles. The van der Waals surface area contributed by atoms with Gasteiger partial charge in [0, 0.05) is 0 Å². The summed E-state index contributed by atoms with van der Waals surface area (Å²) in [6.45, 7) is 0. The summed E-state index contributed by atoms with van der Waals surface area (Å²) in [7, 11) is 0. The molecular weight excluding hydrogens is 346 g/mol. The van der Waals surface area contributed by atoms with E-state index in [-0.39, 0.29) is 29.1 Å². The van der Waals surface area contributed by atoms with Crippen LogP contribution in [0.2, 0.25) is 0 Å². The highest BCUT2D eigenvalue weighted by Gasteiger charge is 2.22. The lowest BCUT2D eigenvalue weighted by Gasteiger charge is -2.26. The summed E-state index contributed by atoms with van der Waals surface area (Å²) in [5.41, 5.74) is 8.76. The van der Waals surface area contributed by atoms with Crippen LogP contribution in [0.25, 0.3) is 0 Å². The molecule has 3 rings (SSSR count). The standard InChI is InChI=1S/C19H17N5OS/c20-9-13-8-14(10-21)19(24-18(13)22)26-11-17(25)23-16-7-3-5-12-4-1-2-6-15(12)16/h1-2,4,6,8,16H,3,5,7,11H2,(H2,22,24)(H,23,25)/p+1/t16-/m1/s1. The molecule has 0 fully saturated rings. The molecule has 1 heterocycles. The van der Waals surface area contributed by atoms with Crippen molar-refractivity contribution < 1.29 is 9.78 Å². The first-order valence-corrected chi connectivity index (χ1v) is 9.27. The van der Waals surface area contributed by atoms with E-state index in [2.05, 4.69) is 22.4 Å². The number of hydrogen-bond donors (Lipinski definition) is 2. The van der Waals surface area contributed by atoms with Gasteiger partial charge >= 0.3 is 0 Å². The van der Waals surface area contributed by atoms with Crippen LogP contribution < -0.4 is 16.0 Å². The van der Waals surface area contributed by atoms with E-state index in [0.29, 0.717) is 10.6 Å². The molecule has 7 heteroatoms. The number of fused-ring (bicyclic) bond motifs is 1. The van der Waals surface area contributed by atoms with Crippen molar-refractivity contribution in [3.05, 3.63) is 52.6 Å². The van der Waals surface area contributed by atoms with Crippen LogP contribution in [0.1, 0.15) is 41.1 Å². The topological polar surface area (TPSA) is 117 Å². The molecule has 0 spiro atoms. The van der Waals surface area contributed by atoms with Gasteiger partial charge in [-0.1, -0.05) is 36.0 Å². The Morgan fingerprint density at radius 3 is 2.85 bits per heavy atom. The van der Waals surface area contributed by atoms with Crippen LogP contribution in [0.5, 0.6) is 0 Å². The van der Waals surface area contributed by atoms with Crippen molar-refractivity contribution in [1.82, 2.24) is 5.32 Å². The molecule has 130 valence electrons. The van der Waals surface area contributed by atoms with E-state index in [1.54, 1.807) is 0 Å². The predicted octanol–water partition coefficient (Wildman–Crippen LogP) is 2.11. The molecule has 4 N–H and O–H groups in total. The Morgan fingerprint density at radius 2 is 2.08 bits per heavy atom. The number of pyridine rings is 1. The molecule has 0 saturated carbocycles. The van der Waals surface area contributed by atoms with E-state index in [1.165, 1.54) is 29.0 Å². The number of carbonyl (C=O) groups excluding carboxylic acids is 1. The van der Waals surface area contributed by atoms with Crippen molar-refractivity contribution >= 4 is 23.5 Å². The van der Waals surface area contributed by atoms with Crippen molar-refractivity contribution in [2.45, 2.75) is 30.3 Å². The predicted molar refractivity (Wildman–Crippen MR) is 97.8 cm³/mol. The van der Waals surface area contributed by atoms with E-state index in [1.807, 2.05) is 24.3 Å². The lowest BCUT2D eigenvalue weighted by Crippen LogP contribution is -2.32. The molecule has 1 aromatic heterocycles. The van der Waals surface area contributed by atoms with Crippen molar-refractivity contribution in [3.8, 4) is 12.1 Å². The number of rotatable bonds is 4. The molecule has 0 unspecified atom stereocenters. The minimum Gasteiger partial charge on any atom is -0.349 e. The number of carbonyl (C=O) groups is 1. The normalized spacial score (nSPS) is 15.4. The van der Waals surface area contributed by atoms with Gasteiger partial charge in [-0.15, -0.1) is 0 Å². The number of hydrogen-bond acceptors (Lipinski definition) is 5. The summed E-state index contributed by atoms with van der Waals surface area (Å²) in [4.78, 5) is 15.2. The summed E-state index contributed by atoms with van der Waals surface area (Å²) >= 11 is 1.20. The summed E-state index contributed by atoms with van der Waals surface area (Å²) in [5.74, 6) is 0.252. The molecule has 0 radical (unpaired) electrons. The molecule has 0 bridgehead atoms. The van der Waals surface area contributed by atoms with E-state index in [9.17, 15) is 10.1 Å². The maximum atomic E-state index is 12.4. The van der Waals surface area contributed by atoms with Crippen molar-refractivity contribution in [2.75, 3.05) is 11.5 Å². The van der Waals surface area contributed by atoms with Crippen LogP contribution in [0.3, 0.4) is 0 Å². The van der Waals surface area contributed by atoms with Crippen molar-refractivity contribution in [1.29, 1.82) is 10.5 Å². The smallest absolute Gasteiger partial charge is 0.289 e. The van der Waals surface area contributed by atoms with Crippen molar-refractivity contribution in [2.24, 2.45) is 0 Å². The fourth-order valence-corrected chi connectivity index (χ4v) is 3.91. The largest absolute Gasteiger partial charge is 0.349 e. The van der Waals surface area contributed by atoms with Crippen LogP contribution in [-0.4, -0.2) is 11.7 Å². The third kappa shape index (κ3) is 3.79. The average Bonchev–Trinajstić information content (AvgIpc) is 2.66. The molecule has 1 aliphatic carbocycles. The second-order valence-corrected chi connectivity index (χ2v) is 7.05. The fraction of sp³-hybridized carbons (Fsp3) is 0.263. The zero-order valence-electron chi connectivity index (χ0n) is 14.1. The molecule has 1 amide bonds. The Morgan fingerprint density at radius 1 is 1.31 bits per heavy atom. The van der Waals surface area contributed by atoms with Gasteiger partial charge in [0.2, 0.25) is 5.91 Å². The number of aryl methyl sites for hydroxylation is 1. The fourth-order valence-electron chi connectivity index (χ4n) is 3.11. The number of nitrogens with zero attached hydrogens (tertiary/aromatic N) is 2. The van der Waals surface area contributed by atoms with Gasteiger partial charge < -0.3 is 5.32 Å². The summed E-state index contributed by atoms with van der Waals surface area (Å²) < 4.78 is 0. The van der Waals surface area contributed by atoms with E-state index in [0.717, 1.165) is 19.3 Å². The molecule has 1 atom stereocenters. The highest BCUT2D eigenvalue weighted by Crippen LogP contribution is 2.29. The Hall–Kier alpha value is -3.03. The first-order valence-electron chi connectivity index (χ1n) is 8.28. The van der Waals surface area contributed by atoms with Gasteiger partial charge in [-0.05, 0) is 36.5 Å². The number of nitrogens with two attached hydrogens (primary N) is 1. The maximum absolute atomic E-state index is 12.4. The minimum absolute atomic E-state index is 0.0264. The third-order valence-electron chi connectivity index (χ3n) is 4.36. The summed E-state index contributed by atoms with van der Waals surface area (Å²) in [6, 6.07) is 13.6. The van der Waals surface area contributed by atoms with E-state index >= 15 is 0 Å². The number of amides is 1. The van der Waals surface area contributed by atoms with Crippen LogP contribution in [-0.2, 0) is 11.2 Å². The lowest BCUT2D eigenvalue weighted by molar-refractivity contribution is -0.410. The number of nitrogens with one attached hydrogen (secondary N) is 2. The number of H-pyrrole nitrogens is 1. The van der Waals surface area contributed by atoms with Gasteiger partial charge in [0.25, 0.3) is 5.82 Å². The number of thioether (sulfide) groups is 1.